The summed E-state index contributed by atoms with van der Waals surface area (Å²) < 4.78 is 17.1. The van der Waals surface area contributed by atoms with Crippen LogP contribution >= 0.6 is 11.6 Å². The van der Waals surface area contributed by atoms with E-state index in [-0.39, 0.29) is 24.6 Å². The maximum absolute atomic E-state index is 14.4. The second-order valence-electron chi connectivity index (χ2n) is 10.1. The molecular weight excluding hydrogens is 544 g/mol. The molecule has 3 aromatic rings. The quantitative estimate of drug-likeness (QED) is 0.415. The molecular formula is C31H33ClN4O5. The maximum Gasteiger partial charge on any atom is 0.326 e. The SMILES string of the molecule is COc1ccc([C@@H]2N=C(c3ccc(OC)cc3OC(C)C)N(C(=O)N3CCNC(=O)C3)[C@@H]2c2ccc(Cl)cc2)cc1. The van der Waals surface area contributed by atoms with Crippen LogP contribution in [-0.2, 0) is 4.79 Å². The largest absolute Gasteiger partial charge is 0.497 e. The normalized spacial score (nSPS) is 18.7. The van der Waals surface area contributed by atoms with Crippen molar-refractivity contribution in [1.82, 2.24) is 15.1 Å². The molecule has 0 spiro atoms. The lowest BCUT2D eigenvalue weighted by molar-refractivity contribution is -0.123. The zero-order chi connectivity index (χ0) is 29.1. The first kappa shape index (κ1) is 28.3. The number of methoxy groups -OCH3 is 2. The molecule has 3 aromatic carbocycles. The van der Waals surface area contributed by atoms with Crippen molar-refractivity contribution in [2.45, 2.75) is 32.0 Å². The minimum Gasteiger partial charge on any atom is -0.497 e. The van der Waals surface area contributed by atoms with Crippen LogP contribution in [0.15, 0.2) is 71.7 Å². The molecule has 2 atom stereocenters. The second kappa shape index (κ2) is 12.1. The summed E-state index contributed by atoms with van der Waals surface area (Å²) in [7, 11) is 3.21. The van der Waals surface area contributed by atoms with Gasteiger partial charge >= 0.3 is 6.03 Å². The van der Waals surface area contributed by atoms with Crippen LogP contribution in [0.2, 0.25) is 5.02 Å². The lowest BCUT2D eigenvalue weighted by Crippen LogP contribution is -2.55. The van der Waals surface area contributed by atoms with Gasteiger partial charge in [0.15, 0.2) is 0 Å². The van der Waals surface area contributed by atoms with Gasteiger partial charge in [0.05, 0.1) is 31.9 Å². The molecule has 214 valence electrons. The number of carbonyl (C=O) groups excluding carboxylic acids is 2. The van der Waals surface area contributed by atoms with Crippen molar-refractivity contribution in [1.29, 1.82) is 0 Å². The Balaban J connectivity index is 1.70. The molecule has 1 fully saturated rings. The molecule has 0 aliphatic carbocycles. The molecule has 9 nitrogen and oxygen atoms in total. The number of urea groups is 1. The minimum absolute atomic E-state index is 0.0406. The van der Waals surface area contributed by atoms with Crippen molar-refractivity contribution >= 4 is 29.4 Å². The van der Waals surface area contributed by atoms with Crippen LogP contribution in [0.3, 0.4) is 0 Å². The van der Waals surface area contributed by atoms with E-state index in [2.05, 4.69) is 5.32 Å². The Morgan fingerprint density at radius 2 is 1.63 bits per heavy atom. The van der Waals surface area contributed by atoms with Gasteiger partial charge in [-0.1, -0.05) is 35.9 Å². The molecule has 2 aliphatic heterocycles. The molecule has 0 unspecified atom stereocenters. The van der Waals surface area contributed by atoms with Gasteiger partial charge in [-0.3, -0.25) is 14.7 Å². The number of amides is 3. The fourth-order valence-corrected chi connectivity index (χ4v) is 5.24. The van der Waals surface area contributed by atoms with Crippen molar-refractivity contribution in [2.24, 2.45) is 4.99 Å². The first-order valence-corrected chi connectivity index (χ1v) is 13.8. The Labute approximate surface area is 244 Å². The number of benzene rings is 3. The van der Waals surface area contributed by atoms with Gasteiger partial charge in [-0.25, -0.2) is 4.79 Å². The summed E-state index contributed by atoms with van der Waals surface area (Å²) in [5, 5.41) is 3.38. The van der Waals surface area contributed by atoms with Crippen LogP contribution in [0.4, 0.5) is 4.79 Å². The number of piperazine rings is 1. The number of carbonyl (C=O) groups is 2. The number of rotatable bonds is 7. The van der Waals surface area contributed by atoms with Crippen molar-refractivity contribution in [2.75, 3.05) is 33.9 Å². The van der Waals surface area contributed by atoms with E-state index in [1.54, 1.807) is 42.2 Å². The Bertz CT molecular complexity index is 1440. The van der Waals surface area contributed by atoms with Gasteiger partial charge in [-0.2, -0.15) is 0 Å². The molecule has 1 N–H and O–H groups in total. The fourth-order valence-electron chi connectivity index (χ4n) is 5.12. The minimum atomic E-state index is -0.526. The fraction of sp³-hybridized carbons (Fsp3) is 0.323. The maximum atomic E-state index is 14.4. The summed E-state index contributed by atoms with van der Waals surface area (Å²) in [4.78, 5) is 35.2. The molecule has 3 amide bonds. The Hall–Kier alpha value is -4.24. The Kier molecular flexibility index (Phi) is 8.35. The molecule has 0 radical (unpaired) electrons. The summed E-state index contributed by atoms with van der Waals surface area (Å²) in [5.41, 5.74) is 2.39. The van der Waals surface area contributed by atoms with E-state index in [1.807, 2.05) is 62.4 Å². The van der Waals surface area contributed by atoms with Crippen LogP contribution in [0, 0.1) is 0 Å². The molecule has 41 heavy (non-hydrogen) atoms. The highest BCUT2D eigenvalue weighted by Gasteiger charge is 2.45. The third kappa shape index (κ3) is 5.95. The van der Waals surface area contributed by atoms with Gasteiger partial charge < -0.3 is 24.4 Å². The average molecular weight is 577 g/mol. The van der Waals surface area contributed by atoms with E-state index in [0.29, 0.717) is 46.8 Å². The van der Waals surface area contributed by atoms with Crippen LogP contribution in [0.5, 0.6) is 17.2 Å². The number of nitrogens with zero attached hydrogens (tertiary/aromatic N) is 3. The van der Waals surface area contributed by atoms with E-state index < -0.39 is 12.1 Å². The van der Waals surface area contributed by atoms with Crippen molar-refractivity contribution in [3.05, 3.63) is 88.4 Å². The summed E-state index contributed by atoms with van der Waals surface area (Å²) in [6.07, 6.45) is -0.137. The first-order chi connectivity index (χ1) is 19.8. The number of hydrogen-bond donors (Lipinski definition) is 1. The lowest BCUT2D eigenvalue weighted by atomic mass is 9.93. The predicted octanol–water partition coefficient (Wildman–Crippen LogP) is 5.24. The van der Waals surface area contributed by atoms with E-state index in [4.69, 9.17) is 30.8 Å². The van der Waals surface area contributed by atoms with Crippen LogP contribution in [-0.4, -0.2) is 67.5 Å². The van der Waals surface area contributed by atoms with Gasteiger partial charge in [0.1, 0.15) is 35.7 Å². The average Bonchev–Trinajstić information content (AvgIpc) is 3.37. The molecule has 0 bridgehead atoms. The number of nitrogens with one attached hydrogen (secondary N) is 1. The van der Waals surface area contributed by atoms with Gasteiger partial charge in [-0.05, 0) is 61.4 Å². The molecule has 0 aromatic heterocycles. The summed E-state index contributed by atoms with van der Waals surface area (Å²) in [6.45, 7) is 4.59. The van der Waals surface area contributed by atoms with Crippen molar-refractivity contribution in [3.63, 3.8) is 0 Å². The van der Waals surface area contributed by atoms with Gasteiger partial charge in [0, 0.05) is 24.2 Å². The first-order valence-electron chi connectivity index (χ1n) is 13.5. The highest BCUT2D eigenvalue weighted by atomic mass is 35.5. The smallest absolute Gasteiger partial charge is 0.326 e. The van der Waals surface area contributed by atoms with Crippen molar-refractivity contribution in [3.8, 4) is 17.2 Å². The summed E-state index contributed by atoms with van der Waals surface area (Å²) in [6, 6.07) is 19.3. The third-order valence-electron chi connectivity index (χ3n) is 7.04. The summed E-state index contributed by atoms with van der Waals surface area (Å²) >= 11 is 6.26. The lowest BCUT2D eigenvalue weighted by Gasteiger charge is -2.36. The molecule has 1 saturated heterocycles. The monoisotopic (exact) mass is 576 g/mol. The number of amidine groups is 1. The molecule has 2 aliphatic rings. The molecule has 5 rings (SSSR count). The standard InChI is InChI=1S/C31H33ClN4O5/c1-19(2)41-26-17-24(40-4)13-14-25(26)30-34-28(20-7-11-23(39-3)12-8-20)29(21-5-9-22(32)10-6-21)36(30)31(38)35-16-15-33-27(37)18-35/h5-14,17,19,28-29H,15-16,18H2,1-4H3,(H,33,37)/t28-,29+/m0/s1. The van der Waals surface area contributed by atoms with E-state index >= 15 is 0 Å². The predicted molar refractivity (Wildman–Crippen MR) is 157 cm³/mol. The van der Waals surface area contributed by atoms with Gasteiger partial charge in [-0.15, -0.1) is 0 Å². The zero-order valence-electron chi connectivity index (χ0n) is 23.5. The number of hydrogen-bond acceptors (Lipinski definition) is 6. The summed E-state index contributed by atoms with van der Waals surface area (Å²) in [5.74, 6) is 2.12. The molecule has 0 saturated carbocycles. The van der Waals surface area contributed by atoms with E-state index in [9.17, 15) is 9.59 Å². The molecule has 10 heteroatoms. The van der Waals surface area contributed by atoms with Crippen LogP contribution in [0.1, 0.15) is 42.6 Å². The zero-order valence-corrected chi connectivity index (χ0v) is 24.2. The third-order valence-corrected chi connectivity index (χ3v) is 7.29. The topological polar surface area (TPSA) is 92.7 Å². The van der Waals surface area contributed by atoms with Crippen LogP contribution < -0.4 is 19.5 Å². The van der Waals surface area contributed by atoms with E-state index in [0.717, 1.165) is 11.1 Å². The Morgan fingerprint density at radius 1 is 0.976 bits per heavy atom. The molecule has 2 heterocycles. The Morgan fingerprint density at radius 3 is 2.27 bits per heavy atom. The van der Waals surface area contributed by atoms with Crippen LogP contribution in [0.25, 0.3) is 0 Å². The van der Waals surface area contributed by atoms with Crippen molar-refractivity contribution < 1.29 is 23.8 Å². The number of aliphatic imine (C=N–C) groups is 1. The highest BCUT2D eigenvalue weighted by Crippen LogP contribution is 2.46. The van der Waals surface area contributed by atoms with Gasteiger partial charge in [0.2, 0.25) is 5.91 Å². The highest BCUT2D eigenvalue weighted by molar-refractivity contribution is 6.30. The second-order valence-corrected chi connectivity index (χ2v) is 10.6. The van der Waals surface area contributed by atoms with E-state index in [1.165, 1.54) is 0 Å². The number of ether oxygens (including phenoxy) is 3. The number of halogens is 1. The van der Waals surface area contributed by atoms with Gasteiger partial charge in [0.25, 0.3) is 0 Å².